The molecule has 1 amide bonds. The van der Waals surface area contributed by atoms with Crippen LogP contribution in [0.2, 0.25) is 0 Å². The summed E-state index contributed by atoms with van der Waals surface area (Å²) < 4.78 is 5.54. The van der Waals surface area contributed by atoms with Gasteiger partial charge in [0.05, 0.1) is 17.6 Å². The molecule has 0 radical (unpaired) electrons. The molecule has 0 fully saturated rings. The number of alkyl carbamates (subject to hydrolysis) is 1. The number of nitrogens with one attached hydrogen (secondary N) is 1. The van der Waals surface area contributed by atoms with E-state index in [9.17, 15) is 4.79 Å². The van der Waals surface area contributed by atoms with Crippen molar-refractivity contribution >= 4 is 17.9 Å². The number of amides is 1. The number of carbonyl (C=O) groups excluding carboxylic acids is 1. The molecule has 1 aliphatic carbocycles. The first-order valence-corrected chi connectivity index (χ1v) is 10.1. The van der Waals surface area contributed by atoms with E-state index >= 15 is 0 Å². The number of pyridine rings is 1. The quantitative estimate of drug-likeness (QED) is 0.577. The predicted molar refractivity (Wildman–Crippen MR) is 120 cm³/mol. The zero-order chi connectivity index (χ0) is 20.9. The van der Waals surface area contributed by atoms with Crippen LogP contribution < -0.4 is 11.1 Å². The predicted octanol–water partition coefficient (Wildman–Crippen LogP) is 4.91. The van der Waals surface area contributed by atoms with Gasteiger partial charge in [0, 0.05) is 12.5 Å². The number of rotatable bonds is 6. The lowest BCUT2D eigenvalue weighted by molar-refractivity contribution is 0.143. The lowest BCUT2D eigenvalue weighted by atomic mass is 9.98. The van der Waals surface area contributed by atoms with Gasteiger partial charge in [0.1, 0.15) is 6.61 Å². The van der Waals surface area contributed by atoms with E-state index in [4.69, 9.17) is 10.5 Å². The molecule has 0 saturated carbocycles. The second-order valence-corrected chi connectivity index (χ2v) is 7.41. The maximum absolute atomic E-state index is 12.2. The standard InChI is InChI=1S/C25H25N3O2/c1-17-14-18(26)15-28-24(17)12-6-7-13-27-25(29)30-16-23-21-10-4-2-8-19(21)20-9-3-5-11-22(20)23/h2-6,8-12,14-15,23H,7,13,16,26H2,1H3,(H,27,29). The highest BCUT2D eigenvalue weighted by Gasteiger charge is 2.28. The van der Waals surface area contributed by atoms with Gasteiger partial charge in [-0.2, -0.15) is 0 Å². The van der Waals surface area contributed by atoms with Crippen LogP contribution in [-0.2, 0) is 4.74 Å². The molecule has 0 aliphatic heterocycles. The highest BCUT2D eigenvalue weighted by atomic mass is 16.5. The summed E-state index contributed by atoms with van der Waals surface area (Å²) in [4.78, 5) is 16.5. The van der Waals surface area contributed by atoms with Crippen LogP contribution in [0.25, 0.3) is 17.2 Å². The van der Waals surface area contributed by atoms with Gasteiger partial charge in [-0.25, -0.2) is 4.79 Å². The van der Waals surface area contributed by atoms with Crippen LogP contribution >= 0.6 is 0 Å². The van der Waals surface area contributed by atoms with Gasteiger partial charge in [-0.15, -0.1) is 0 Å². The Hall–Kier alpha value is -3.60. The number of aromatic nitrogens is 1. The summed E-state index contributed by atoms with van der Waals surface area (Å²) in [5, 5.41) is 2.81. The van der Waals surface area contributed by atoms with Gasteiger partial charge in [-0.1, -0.05) is 54.6 Å². The van der Waals surface area contributed by atoms with Crippen LogP contribution in [0.3, 0.4) is 0 Å². The van der Waals surface area contributed by atoms with Crippen LogP contribution in [0, 0.1) is 6.92 Å². The molecule has 2 aromatic carbocycles. The van der Waals surface area contributed by atoms with Crippen molar-refractivity contribution in [2.75, 3.05) is 18.9 Å². The fourth-order valence-corrected chi connectivity index (χ4v) is 3.88. The molecule has 0 spiro atoms. The molecule has 152 valence electrons. The maximum atomic E-state index is 12.2. The molecule has 1 heterocycles. The number of nitrogen functional groups attached to an aromatic ring is 1. The molecule has 4 rings (SSSR count). The summed E-state index contributed by atoms with van der Waals surface area (Å²) >= 11 is 0. The second-order valence-electron chi connectivity index (χ2n) is 7.41. The van der Waals surface area contributed by atoms with Crippen molar-refractivity contribution in [1.29, 1.82) is 0 Å². The van der Waals surface area contributed by atoms with E-state index in [1.807, 2.05) is 49.4 Å². The average Bonchev–Trinajstić information content (AvgIpc) is 3.07. The number of hydrogen-bond acceptors (Lipinski definition) is 4. The van der Waals surface area contributed by atoms with Crippen molar-refractivity contribution in [3.05, 3.63) is 89.3 Å². The first-order valence-electron chi connectivity index (χ1n) is 10.1. The molecular formula is C25H25N3O2. The molecule has 30 heavy (non-hydrogen) atoms. The lowest BCUT2D eigenvalue weighted by Crippen LogP contribution is -2.26. The van der Waals surface area contributed by atoms with E-state index in [1.54, 1.807) is 6.20 Å². The Morgan fingerprint density at radius 3 is 2.47 bits per heavy atom. The number of hydrogen-bond donors (Lipinski definition) is 2. The number of nitrogens with two attached hydrogens (primary N) is 1. The van der Waals surface area contributed by atoms with Gasteiger partial charge < -0.3 is 15.8 Å². The number of nitrogens with zero attached hydrogens (tertiary/aromatic N) is 1. The van der Waals surface area contributed by atoms with Crippen LogP contribution in [0.15, 0.2) is 66.9 Å². The third kappa shape index (κ3) is 4.20. The minimum absolute atomic E-state index is 0.0719. The lowest BCUT2D eigenvalue weighted by Gasteiger charge is -2.14. The van der Waals surface area contributed by atoms with Crippen molar-refractivity contribution in [1.82, 2.24) is 10.3 Å². The van der Waals surface area contributed by atoms with Gasteiger partial charge in [-0.3, -0.25) is 4.98 Å². The summed E-state index contributed by atoms with van der Waals surface area (Å²) in [7, 11) is 0. The molecule has 1 aromatic heterocycles. The number of carbonyl (C=O) groups is 1. The van der Waals surface area contributed by atoms with Gasteiger partial charge in [0.2, 0.25) is 0 Å². The van der Waals surface area contributed by atoms with Gasteiger partial charge >= 0.3 is 6.09 Å². The monoisotopic (exact) mass is 399 g/mol. The van der Waals surface area contributed by atoms with Crippen LogP contribution in [0.1, 0.15) is 34.7 Å². The normalized spacial score (nSPS) is 12.6. The number of ether oxygens (including phenoxy) is 1. The zero-order valence-corrected chi connectivity index (χ0v) is 17.0. The van der Waals surface area contributed by atoms with E-state index in [2.05, 4.69) is 34.6 Å². The summed E-state index contributed by atoms with van der Waals surface area (Å²) in [5.41, 5.74) is 13.1. The summed E-state index contributed by atoms with van der Waals surface area (Å²) in [6.07, 6.45) is 5.85. The molecular weight excluding hydrogens is 374 g/mol. The summed E-state index contributed by atoms with van der Waals surface area (Å²) in [6, 6.07) is 18.5. The van der Waals surface area contributed by atoms with Crippen molar-refractivity contribution < 1.29 is 9.53 Å². The smallest absolute Gasteiger partial charge is 0.407 e. The summed E-state index contributed by atoms with van der Waals surface area (Å²) in [6.45, 7) is 2.80. The van der Waals surface area contributed by atoms with Crippen molar-refractivity contribution in [2.45, 2.75) is 19.3 Å². The summed E-state index contributed by atoms with van der Waals surface area (Å²) in [5.74, 6) is 0.0719. The maximum Gasteiger partial charge on any atom is 0.407 e. The first kappa shape index (κ1) is 19.7. The Kier molecular flexibility index (Phi) is 5.80. The second kappa shape index (κ2) is 8.82. The van der Waals surface area contributed by atoms with E-state index in [1.165, 1.54) is 22.3 Å². The SMILES string of the molecule is Cc1cc(N)cnc1C=CCCNC(=O)OCC1c2ccccc2-c2ccccc21. The Morgan fingerprint density at radius 1 is 1.13 bits per heavy atom. The fraction of sp³-hybridized carbons (Fsp3) is 0.200. The van der Waals surface area contributed by atoms with Crippen LogP contribution in [0.5, 0.6) is 0 Å². The Bertz CT molecular complexity index is 1050. The van der Waals surface area contributed by atoms with E-state index in [-0.39, 0.29) is 5.92 Å². The van der Waals surface area contributed by atoms with Crippen LogP contribution in [-0.4, -0.2) is 24.2 Å². The minimum atomic E-state index is -0.396. The number of benzene rings is 2. The third-order valence-electron chi connectivity index (χ3n) is 5.34. The van der Waals surface area contributed by atoms with E-state index in [0.29, 0.717) is 25.3 Å². The fourth-order valence-electron chi connectivity index (χ4n) is 3.88. The Labute approximate surface area is 176 Å². The van der Waals surface area contributed by atoms with Gasteiger partial charge in [0.15, 0.2) is 0 Å². The number of anilines is 1. The molecule has 3 N–H and O–H groups in total. The van der Waals surface area contributed by atoms with Crippen molar-refractivity contribution in [3.63, 3.8) is 0 Å². The highest BCUT2D eigenvalue weighted by molar-refractivity contribution is 5.79. The zero-order valence-electron chi connectivity index (χ0n) is 17.0. The van der Waals surface area contributed by atoms with Crippen molar-refractivity contribution in [3.8, 4) is 11.1 Å². The number of aryl methyl sites for hydroxylation is 1. The van der Waals surface area contributed by atoms with E-state index in [0.717, 1.165) is 11.3 Å². The Morgan fingerprint density at radius 2 is 1.80 bits per heavy atom. The Balaban J connectivity index is 1.28. The topological polar surface area (TPSA) is 77.2 Å². The van der Waals surface area contributed by atoms with Gasteiger partial charge in [-0.05, 0) is 53.3 Å². The first-order chi connectivity index (χ1) is 14.6. The highest BCUT2D eigenvalue weighted by Crippen LogP contribution is 2.44. The largest absolute Gasteiger partial charge is 0.449 e. The third-order valence-corrected chi connectivity index (χ3v) is 5.34. The molecule has 0 atom stereocenters. The molecule has 5 nitrogen and oxygen atoms in total. The molecule has 3 aromatic rings. The minimum Gasteiger partial charge on any atom is -0.449 e. The molecule has 5 heteroatoms. The molecule has 0 saturated heterocycles. The molecule has 0 bridgehead atoms. The molecule has 0 unspecified atom stereocenters. The number of fused-ring (bicyclic) bond motifs is 3. The van der Waals surface area contributed by atoms with Gasteiger partial charge in [0.25, 0.3) is 0 Å². The average molecular weight is 399 g/mol. The molecule has 1 aliphatic rings. The van der Waals surface area contributed by atoms with E-state index < -0.39 is 6.09 Å². The van der Waals surface area contributed by atoms with Crippen LogP contribution in [0.4, 0.5) is 10.5 Å². The van der Waals surface area contributed by atoms with Crippen molar-refractivity contribution in [2.24, 2.45) is 0 Å².